The van der Waals surface area contributed by atoms with Gasteiger partial charge in [-0.15, -0.1) is 0 Å². The quantitative estimate of drug-likeness (QED) is 0.630. The standard InChI is InChI=1S/C22H21N3O4/c1-14-6-5-7-15(2)21(14)25-19(26)12-23-20(27)13-29-22(28)18-11-10-16-8-3-4-9-17(16)24-18/h3-11H,12-13H2,1-2H3,(H,23,27)(H,25,26). The zero-order valence-electron chi connectivity index (χ0n) is 16.2. The molecule has 0 aliphatic carbocycles. The third-order valence-electron chi connectivity index (χ3n) is 4.33. The van der Waals surface area contributed by atoms with Crippen molar-refractivity contribution in [2.75, 3.05) is 18.5 Å². The molecule has 2 aromatic carbocycles. The molecule has 1 heterocycles. The van der Waals surface area contributed by atoms with Crippen LogP contribution in [0.2, 0.25) is 0 Å². The number of para-hydroxylation sites is 2. The molecule has 0 spiro atoms. The van der Waals surface area contributed by atoms with Gasteiger partial charge in [0.05, 0.1) is 12.1 Å². The highest BCUT2D eigenvalue weighted by atomic mass is 16.5. The van der Waals surface area contributed by atoms with E-state index in [-0.39, 0.29) is 18.1 Å². The van der Waals surface area contributed by atoms with Gasteiger partial charge in [0.2, 0.25) is 5.91 Å². The zero-order chi connectivity index (χ0) is 20.8. The van der Waals surface area contributed by atoms with Crippen LogP contribution >= 0.6 is 0 Å². The van der Waals surface area contributed by atoms with E-state index in [1.54, 1.807) is 18.2 Å². The summed E-state index contributed by atoms with van der Waals surface area (Å²) in [5, 5.41) is 6.10. The van der Waals surface area contributed by atoms with Gasteiger partial charge in [-0.25, -0.2) is 9.78 Å². The molecule has 0 fully saturated rings. The molecule has 0 radical (unpaired) electrons. The summed E-state index contributed by atoms with van der Waals surface area (Å²) < 4.78 is 4.98. The van der Waals surface area contributed by atoms with Gasteiger partial charge in [-0.05, 0) is 37.1 Å². The predicted molar refractivity (Wildman–Crippen MR) is 110 cm³/mol. The number of fused-ring (bicyclic) bond motifs is 1. The summed E-state index contributed by atoms with van der Waals surface area (Å²) in [4.78, 5) is 40.3. The van der Waals surface area contributed by atoms with Crippen molar-refractivity contribution in [3.05, 3.63) is 71.4 Å². The van der Waals surface area contributed by atoms with Crippen molar-refractivity contribution in [1.29, 1.82) is 0 Å². The van der Waals surface area contributed by atoms with Gasteiger partial charge in [0.25, 0.3) is 5.91 Å². The van der Waals surface area contributed by atoms with Crippen molar-refractivity contribution < 1.29 is 19.1 Å². The molecule has 0 saturated carbocycles. The Morgan fingerprint density at radius 2 is 1.62 bits per heavy atom. The highest BCUT2D eigenvalue weighted by molar-refractivity contribution is 5.96. The van der Waals surface area contributed by atoms with Gasteiger partial charge < -0.3 is 15.4 Å². The lowest BCUT2D eigenvalue weighted by Gasteiger charge is -2.12. The van der Waals surface area contributed by atoms with Crippen molar-refractivity contribution in [2.24, 2.45) is 0 Å². The largest absolute Gasteiger partial charge is 0.451 e. The van der Waals surface area contributed by atoms with Crippen molar-refractivity contribution in [2.45, 2.75) is 13.8 Å². The minimum Gasteiger partial charge on any atom is -0.451 e. The molecule has 0 bridgehead atoms. The Kier molecular flexibility index (Phi) is 6.19. The molecule has 2 N–H and O–H groups in total. The van der Waals surface area contributed by atoms with E-state index >= 15 is 0 Å². The average molecular weight is 391 g/mol. The number of pyridine rings is 1. The number of hydrogen-bond donors (Lipinski definition) is 2. The van der Waals surface area contributed by atoms with E-state index in [9.17, 15) is 14.4 Å². The molecule has 0 saturated heterocycles. The lowest BCUT2D eigenvalue weighted by atomic mass is 10.1. The Balaban J connectivity index is 1.47. The first kappa shape index (κ1) is 20.0. The molecule has 0 aliphatic rings. The second-order valence-corrected chi connectivity index (χ2v) is 6.56. The summed E-state index contributed by atoms with van der Waals surface area (Å²) in [5.74, 6) is -1.64. The number of aromatic nitrogens is 1. The number of aryl methyl sites for hydroxylation is 2. The van der Waals surface area contributed by atoms with E-state index < -0.39 is 18.5 Å². The Hall–Kier alpha value is -3.74. The lowest BCUT2D eigenvalue weighted by molar-refractivity contribution is -0.126. The minimum atomic E-state index is -0.703. The molecule has 29 heavy (non-hydrogen) atoms. The van der Waals surface area contributed by atoms with Crippen LogP contribution in [-0.4, -0.2) is 35.9 Å². The molecule has 2 amide bonds. The normalized spacial score (nSPS) is 10.4. The molecule has 0 unspecified atom stereocenters. The summed E-state index contributed by atoms with van der Waals surface area (Å²) in [6.45, 7) is 3.06. The topological polar surface area (TPSA) is 97.4 Å². The van der Waals surface area contributed by atoms with Crippen molar-refractivity contribution in [3.8, 4) is 0 Å². The smallest absolute Gasteiger partial charge is 0.357 e. The fourth-order valence-electron chi connectivity index (χ4n) is 2.81. The molecule has 1 aromatic heterocycles. The van der Waals surface area contributed by atoms with E-state index in [2.05, 4.69) is 15.6 Å². The summed E-state index contributed by atoms with van der Waals surface area (Å²) in [6, 6.07) is 16.4. The zero-order valence-corrected chi connectivity index (χ0v) is 16.2. The number of nitrogens with one attached hydrogen (secondary N) is 2. The molecule has 0 atom stereocenters. The van der Waals surface area contributed by atoms with Crippen LogP contribution in [0.15, 0.2) is 54.6 Å². The molecule has 7 heteroatoms. The number of carbonyl (C=O) groups is 3. The molecule has 148 valence electrons. The van der Waals surface area contributed by atoms with Crippen LogP contribution < -0.4 is 10.6 Å². The Labute approximate surface area is 168 Å². The van der Waals surface area contributed by atoms with E-state index in [4.69, 9.17) is 4.74 Å². The van der Waals surface area contributed by atoms with Crippen molar-refractivity contribution in [1.82, 2.24) is 10.3 Å². The van der Waals surface area contributed by atoms with Crippen LogP contribution in [-0.2, 0) is 14.3 Å². The van der Waals surface area contributed by atoms with Crippen LogP contribution in [0.5, 0.6) is 0 Å². The fraction of sp³-hybridized carbons (Fsp3) is 0.182. The number of anilines is 1. The number of benzene rings is 2. The summed E-state index contributed by atoms with van der Waals surface area (Å²) in [7, 11) is 0. The first-order valence-electron chi connectivity index (χ1n) is 9.10. The maximum absolute atomic E-state index is 12.1. The van der Waals surface area contributed by atoms with E-state index in [1.165, 1.54) is 0 Å². The van der Waals surface area contributed by atoms with E-state index in [0.717, 1.165) is 22.2 Å². The first-order chi connectivity index (χ1) is 13.9. The van der Waals surface area contributed by atoms with Crippen molar-refractivity contribution >= 4 is 34.4 Å². The van der Waals surface area contributed by atoms with Gasteiger partial charge >= 0.3 is 5.97 Å². The highest BCUT2D eigenvalue weighted by Crippen LogP contribution is 2.19. The number of rotatable bonds is 6. The monoisotopic (exact) mass is 391 g/mol. The van der Waals surface area contributed by atoms with Gasteiger partial charge in [-0.3, -0.25) is 9.59 Å². The Morgan fingerprint density at radius 1 is 0.897 bits per heavy atom. The summed E-state index contributed by atoms with van der Waals surface area (Å²) in [5.41, 5.74) is 3.36. The van der Waals surface area contributed by atoms with Crippen LogP contribution in [0, 0.1) is 13.8 Å². The number of hydrogen-bond acceptors (Lipinski definition) is 5. The summed E-state index contributed by atoms with van der Waals surface area (Å²) >= 11 is 0. The first-order valence-corrected chi connectivity index (χ1v) is 9.10. The van der Waals surface area contributed by atoms with Crippen LogP contribution in [0.1, 0.15) is 21.6 Å². The number of nitrogens with zero attached hydrogens (tertiary/aromatic N) is 1. The molecule has 3 rings (SSSR count). The molecular weight excluding hydrogens is 370 g/mol. The van der Waals surface area contributed by atoms with Crippen LogP contribution in [0.3, 0.4) is 0 Å². The van der Waals surface area contributed by atoms with Gasteiger partial charge in [0.1, 0.15) is 5.69 Å². The van der Waals surface area contributed by atoms with Gasteiger partial charge in [0, 0.05) is 11.1 Å². The predicted octanol–water partition coefficient (Wildman–Crippen LogP) is 2.76. The summed E-state index contributed by atoms with van der Waals surface area (Å²) in [6.07, 6.45) is 0. The van der Waals surface area contributed by atoms with Gasteiger partial charge in [-0.2, -0.15) is 0 Å². The highest BCUT2D eigenvalue weighted by Gasteiger charge is 2.13. The number of amides is 2. The number of ether oxygens (including phenoxy) is 1. The lowest BCUT2D eigenvalue weighted by Crippen LogP contribution is -2.35. The van der Waals surface area contributed by atoms with Gasteiger partial charge in [-0.1, -0.05) is 42.5 Å². The maximum Gasteiger partial charge on any atom is 0.357 e. The second kappa shape index (κ2) is 8.97. The number of carbonyl (C=O) groups excluding carboxylic acids is 3. The van der Waals surface area contributed by atoms with Crippen LogP contribution in [0.25, 0.3) is 10.9 Å². The Bertz CT molecular complexity index is 1060. The third kappa shape index (κ3) is 5.16. The fourth-order valence-corrected chi connectivity index (χ4v) is 2.81. The minimum absolute atomic E-state index is 0.115. The molecule has 0 aliphatic heterocycles. The van der Waals surface area contributed by atoms with Crippen LogP contribution in [0.4, 0.5) is 5.69 Å². The molecular formula is C22H21N3O4. The van der Waals surface area contributed by atoms with E-state index in [0.29, 0.717) is 5.52 Å². The molecule has 3 aromatic rings. The maximum atomic E-state index is 12.1. The van der Waals surface area contributed by atoms with Crippen molar-refractivity contribution in [3.63, 3.8) is 0 Å². The average Bonchev–Trinajstić information content (AvgIpc) is 2.72. The Morgan fingerprint density at radius 3 is 2.38 bits per heavy atom. The second-order valence-electron chi connectivity index (χ2n) is 6.56. The third-order valence-corrected chi connectivity index (χ3v) is 4.33. The van der Waals surface area contributed by atoms with Gasteiger partial charge in [0.15, 0.2) is 6.61 Å². The molecule has 7 nitrogen and oxygen atoms in total. The van der Waals surface area contributed by atoms with E-state index in [1.807, 2.05) is 50.2 Å². The SMILES string of the molecule is Cc1cccc(C)c1NC(=O)CNC(=O)COC(=O)c1ccc2ccccc2n1. The number of esters is 1.